The molecule has 1 N–H and O–H groups in total. The highest BCUT2D eigenvalue weighted by atomic mass is 16.5. The fraction of sp³-hybridized carbons (Fsp3) is 0.731. The van der Waals surface area contributed by atoms with Crippen LogP contribution < -0.4 is 0 Å². The van der Waals surface area contributed by atoms with Gasteiger partial charge in [-0.05, 0) is 40.0 Å². The summed E-state index contributed by atoms with van der Waals surface area (Å²) in [6.45, 7) is 15.7. The third-order valence-corrected chi connectivity index (χ3v) is 8.08. The Bertz CT molecular complexity index is 846. The summed E-state index contributed by atoms with van der Waals surface area (Å²) in [4.78, 5) is 46.5. The van der Waals surface area contributed by atoms with Crippen LogP contribution in [0.4, 0.5) is 0 Å². The fourth-order valence-electron chi connectivity index (χ4n) is 6.46. The van der Waals surface area contributed by atoms with Crippen molar-refractivity contribution in [3.05, 3.63) is 25.3 Å². The van der Waals surface area contributed by atoms with Crippen LogP contribution in [-0.4, -0.2) is 93.6 Å². The third kappa shape index (κ3) is 3.88. The Labute approximate surface area is 203 Å². The van der Waals surface area contributed by atoms with Gasteiger partial charge in [-0.15, -0.1) is 13.2 Å². The summed E-state index contributed by atoms with van der Waals surface area (Å²) in [6.07, 6.45) is 6.18. The molecule has 0 saturated carbocycles. The van der Waals surface area contributed by atoms with Crippen molar-refractivity contribution in [1.29, 1.82) is 0 Å². The van der Waals surface area contributed by atoms with Gasteiger partial charge in [0.2, 0.25) is 17.7 Å². The molecule has 190 valence electrons. The van der Waals surface area contributed by atoms with E-state index in [1.165, 1.54) is 4.90 Å². The number of likely N-dealkylation sites (N-methyl/N-ethyl adjacent to an activating group) is 1. The minimum atomic E-state index is -1.09. The first-order valence-corrected chi connectivity index (χ1v) is 12.4. The first-order chi connectivity index (χ1) is 16.0. The van der Waals surface area contributed by atoms with Crippen LogP contribution in [0.2, 0.25) is 0 Å². The van der Waals surface area contributed by atoms with E-state index in [2.05, 4.69) is 20.1 Å². The molecule has 3 amide bonds. The number of nitrogens with zero attached hydrogens (tertiary/aromatic N) is 3. The number of carbonyl (C=O) groups excluding carboxylic acids is 3. The second-order valence-electron chi connectivity index (χ2n) is 10.4. The lowest BCUT2D eigenvalue weighted by Gasteiger charge is -2.40. The molecule has 3 rings (SSSR count). The molecule has 3 aliphatic rings. The maximum Gasteiger partial charge on any atom is 0.248 e. The van der Waals surface area contributed by atoms with E-state index in [1.54, 1.807) is 35.9 Å². The van der Waals surface area contributed by atoms with E-state index in [1.807, 2.05) is 13.8 Å². The summed E-state index contributed by atoms with van der Waals surface area (Å²) in [5.41, 5.74) is -1.91. The van der Waals surface area contributed by atoms with Gasteiger partial charge in [0.15, 0.2) is 0 Å². The standard InChI is InChI=1S/C26H41N3O5/c1-8-11-17(4)28(15-10-3)24(33)21-26-13-12-25(6,34-26)19(22(31)27(7)14-9-2)20(26)23(32)29(21)18(5)16-30/h9-10,17-21,30H,2-3,8,11-16H2,1,4-7H3/t17?,18-,19-,20+,21?,25+,26?/m1/s1. The molecule has 3 heterocycles. The molecule has 1 spiro atoms. The van der Waals surface area contributed by atoms with Crippen molar-refractivity contribution in [2.24, 2.45) is 11.8 Å². The molecule has 3 saturated heterocycles. The van der Waals surface area contributed by atoms with E-state index in [-0.39, 0.29) is 30.4 Å². The van der Waals surface area contributed by atoms with Crippen LogP contribution in [0.3, 0.4) is 0 Å². The van der Waals surface area contributed by atoms with E-state index >= 15 is 0 Å². The van der Waals surface area contributed by atoms with Crippen molar-refractivity contribution < 1.29 is 24.2 Å². The second-order valence-corrected chi connectivity index (χ2v) is 10.4. The summed E-state index contributed by atoms with van der Waals surface area (Å²) >= 11 is 0. The maximum absolute atomic E-state index is 14.2. The minimum absolute atomic E-state index is 0.0438. The molecular formula is C26H41N3O5. The molecule has 34 heavy (non-hydrogen) atoms. The van der Waals surface area contributed by atoms with Crippen molar-refractivity contribution in [1.82, 2.24) is 14.7 Å². The van der Waals surface area contributed by atoms with Crippen molar-refractivity contribution in [3.8, 4) is 0 Å². The van der Waals surface area contributed by atoms with Crippen LogP contribution in [0.25, 0.3) is 0 Å². The number of fused-ring (bicyclic) bond motifs is 1. The van der Waals surface area contributed by atoms with Crippen LogP contribution in [0.5, 0.6) is 0 Å². The Morgan fingerprint density at radius 2 is 1.88 bits per heavy atom. The van der Waals surface area contributed by atoms with E-state index in [0.717, 1.165) is 12.8 Å². The Morgan fingerprint density at radius 3 is 2.44 bits per heavy atom. The number of aliphatic hydroxyl groups excluding tert-OH is 1. The average molecular weight is 476 g/mol. The highest BCUT2D eigenvalue weighted by Gasteiger charge is 2.78. The van der Waals surface area contributed by atoms with Gasteiger partial charge in [0, 0.05) is 26.2 Å². The van der Waals surface area contributed by atoms with Crippen LogP contribution >= 0.6 is 0 Å². The zero-order valence-electron chi connectivity index (χ0n) is 21.3. The number of hydrogen-bond acceptors (Lipinski definition) is 5. The minimum Gasteiger partial charge on any atom is -0.394 e. The summed E-state index contributed by atoms with van der Waals surface area (Å²) in [7, 11) is 1.69. The number of hydrogen-bond donors (Lipinski definition) is 1. The molecule has 0 aromatic rings. The average Bonchev–Trinajstić information content (AvgIpc) is 3.37. The highest BCUT2D eigenvalue weighted by molar-refractivity contribution is 5.99. The third-order valence-electron chi connectivity index (χ3n) is 8.08. The molecule has 0 aromatic carbocycles. The van der Waals surface area contributed by atoms with Gasteiger partial charge < -0.3 is 24.5 Å². The van der Waals surface area contributed by atoms with Gasteiger partial charge in [0.1, 0.15) is 11.6 Å². The van der Waals surface area contributed by atoms with E-state index in [0.29, 0.717) is 25.9 Å². The lowest BCUT2D eigenvalue weighted by molar-refractivity contribution is -0.156. The van der Waals surface area contributed by atoms with Crippen LogP contribution in [0, 0.1) is 11.8 Å². The molecular weight excluding hydrogens is 434 g/mol. The second kappa shape index (κ2) is 9.82. The van der Waals surface area contributed by atoms with Gasteiger partial charge in [-0.3, -0.25) is 14.4 Å². The monoisotopic (exact) mass is 475 g/mol. The fourth-order valence-corrected chi connectivity index (χ4v) is 6.46. The summed E-state index contributed by atoms with van der Waals surface area (Å²) in [5.74, 6) is -2.11. The van der Waals surface area contributed by atoms with Gasteiger partial charge in [-0.25, -0.2) is 0 Å². The smallest absolute Gasteiger partial charge is 0.248 e. The zero-order chi connectivity index (χ0) is 25.4. The molecule has 7 atom stereocenters. The zero-order valence-corrected chi connectivity index (χ0v) is 21.3. The van der Waals surface area contributed by atoms with Gasteiger partial charge in [-0.2, -0.15) is 0 Å². The normalized spacial score (nSPS) is 33.4. The van der Waals surface area contributed by atoms with Gasteiger partial charge in [-0.1, -0.05) is 25.5 Å². The van der Waals surface area contributed by atoms with Crippen molar-refractivity contribution >= 4 is 17.7 Å². The first-order valence-electron chi connectivity index (χ1n) is 12.4. The summed E-state index contributed by atoms with van der Waals surface area (Å²) < 4.78 is 6.64. The van der Waals surface area contributed by atoms with Crippen LogP contribution in [0.15, 0.2) is 25.3 Å². The molecule has 0 radical (unpaired) electrons. The molecule has 3 fully saturated rings. The number of rotatable bonds is 11. The largest absolute Gasteiger partial charge is 0.394 e. The predicted octanol–water partition coefficient (Wildman–Crippen LogP) is 1.98. The van der Waals surface area contributed by atoms with Gasteiger partial charge >= 0.3 is 0 Å². The lowest BCUT2D eigenvalue weighted by atomic mass is 9.66. The predicted molar refractivity (Wildman–Crippen MR) is 130 cm³/mol. The lowest BCUT2D eigenvalue weighted by Crippen LogP contribution is -2.59. The topological polar surface area (TPSA) is 90.4 Å². The highest BCUT2D eigenvalue weighted by Crippen LogP contribution is 2.63. The van der Waals surface area contributed by atoms with E-state index in [9.17, 15) is 19.5 Å². The Balaban J connectivity index is 2.10. The number of amides is 3. The van der Waals surface area contributed by atoms with Crippen molar-refractivity contribution in [2.45, 2.75) is 82.7 Å². The number of aliphatic hydroxyl groups is 1. The number of likely N-dealkylation sites (tertiary alicyclic amines) is 1. The Morgan fingerprint density at radius 1 is 1.24 bits per heavy atom. The van der Waals surface area contributed by atoms with Crippen molar-refractivity contribution in [2.75, 3.05) is 26.7 Å². The maximum atomic E-state index is 14.2. The van der Waals surface area contributed by atoms with Crippen LogP contribution in [0.1, 0.15) is 53.4 Å². The first kappa shape index (κ1) is 26.4. The van der Waals surface area contributed by atoms with Gasteiger partial charge in [0.05, 0.1) is 30.1 Å². The number of carbonyl (C=O) groups is 3. The Hall–Kier alpha value is -2.19. The van der Waals surface area contributed by atoms with Gasteiger partial charge in [0.25, 0.3) is 0 Å². The molecule has 0 aliphatic carbocycles. The number of ether oxygens (including phenoxy) is 1. The molecule has 8 nitrogen and oxygen atoms in total. The Kier molecular flexibility index (Phi) is 7.63. The van der Waals surface area contributed by atoms with E-state index in [4.69, 9.17) is 4.74 Å². The SMILES string of the molecule is C=CCN(C)C(=O)[C@H]1[C@H]2C(=O)N([C@H](C)CO)C(C(=O)N(CC=C)C(C)CCC)C23CC[C@]1(C)O3. The van der Waals surface area contributed by atoms with E-state index < -0.39 is 35.1 Å². The van der Waals surface area contributed by atoms with Crippen LogP contribution in [-0.2, 0) is 19.1 Å². The summed E-state index contributed by atoms with van der Waals surface area (Å²) in [6, 6.07) is -1.51. The summed E-state index contributed by atoms with van der Waals surface area (Å²) in [5, 5.41) is 10.0. The molecule has 3 unspecified atom stereocenters. The molecule has 0 aromatic heterocycles. The van der Waals surface area contributed by atoms with Crippen molar-refractivity contribution in [3.63, 3.8) is 0 Å². The molecule has 3 aliphatic heterocycles. The quantitative estimate of drug-likeness (QED) is 0.462. The molecule has 2 bridgehead atoms. The molecule has 8 heteroatoms.